The lowest BCUT2D eigenvalue weighted by Crippen LogP contribution is -2.40. The molecule has 1 heterocycles. The highest BCUT2D eigenvalue weighted by atomic mass is 35.5. The van der Waals surface area contributed by atoms with Crippen LogP contribution in [0, 0.1) is 10.1 Å². The Morgan fingerprint density at radius 1 is 1.53 bits per heavy atom. The number of hydrogen-bond acceptors (Lipinski definition) is 4. The minimum Gasteiger partial charge on any atom is -0.377 e. The van der Waals surface area contributed by atoms with E-state index in [1.807, 2.05) is 0 Å². The smallest absolute Gasteiger partial charge is 0.293 e. The zero-order valence-corrected chi connectivity index (χ0v) is 8.53. The van der Waals surface area contributed by atoms with E-state index in [1.54, 1.807) is 12.1 Å². The molecule has 0 aliphatic carbocycles. The molecule has 15 heavy (non-hydrogen) atoms. The van der Waals surface area contributed by atoms with Gasteiger partial charge in [-0.15, -0.1) is 0 Å². The first kappa shape index (κ1) is 10.2. The number of hydrogen-bond donors (Lipinski definition) is 1. The van der Waals surface area contributed by atoms with Gasteiger partial charge in [-0.05, 0) is 12.1 Å². The monoisotopic (exact) mass is 228 g/mol. The second-order valence-corrected chi connectivity index (χ2v) is 3.73. The van der Waals surface area contributed by atoms with Gasteiger partial charge in [-0.25, -0.2) is 0 Å². The van der Waals surface area contributed by atoms with E-state index < -0.39 is 4.92 Å². The SMILES string of the molecule is O=[N+]([O-])c1cc(Cl)ccc1NC1COC1. The largest absolute Gasteiger partial charge is 0.377 e. The van der Waals surface area contributed by atoms with Gasteiger partial charge in [-0.2, -0.15) is 0 Å². The molecule has 0 spiro atoms. The van der Waals surface area contributed by atoms with E-state index in [9.17, 15) is 10.1 Å². The van der Waals surface area contributed by atoms with Crippen LogP contribution in [-0.2, 0) is 4.74 Å². The molecule has 1 N–H and O–H groups in total. The molecule has 1 aliphatic rings. The first-order chi connectivity index (χ1) is 7.16. The van der Waals surface area contributed by atoms with Crippen LogP contribution in [0.3, 0.4) is 0 Å². The van der Waals surface area contributed by atoms with Gasteiger partial charge in [0, 0.05) is 11.1 Å². The molecule has 80 valence electrons. The van der Waals surface area contributed by atoms with Crippen LogP contribution in [0.1, 0.15) is 0 Å². The average Bonchev–Trinajstić information content (AvgIpc) is 2.12. The van der Waals surface area contributed by atoms with Crippen molar-refractivity contribution >= 4 is 23.0 Å². The molecule has 1 aromatic carbocycles. The highest BCUT2D eigenvalue weighted by molar-refractivity contribution is 6.30. The molecule has 5 nitrogen and oxygen atoms in total. The zero-order chi connectivity index (χ0) is 10.8. The topological polar surface area (TPSA) is 64.4 Å². The van der Waals surface area contributed by atoms with Crippen molar-refractivity contribution in [2.45, 2.75) is 6.04 Å². The third-order valence-corrected chi connectivity index (χ3v) is 2.39. The van der Waals surface area contributed by atoms with Crippen molar-refractivity contribution in [2.24, 2.45) is 0 Å². The first-order valence-electron chi connectivity index (χ1n) is 4.45. The Morgan fingerprint density at radius 2 is 2.27 bits per heavy atom. The Bertz CT molecular complexity index is 393. The van der Waals surface area contributed by atoms with Crippen molar-refractivity contribution in [3.05, 3.63) is 33.3 Å². The minimum absolute atomic E-state index is 0.00519. The van der Waals surface area contributed by atoms with Crippen LogP contribution in [-0.4, -0.2) is 24.2 Å². The van der Waals surface area contributed by atoms with E-state index in [1.165, 1.54) is 6.07 Å². The normalized spacial score (nSPS) is 15.8. The summed E-state index contributed by atoms with van der Waals surface area (Å²) in [6, 6.07) is 4.73. The predicted molar refractivity (Wildman–Crippen MR) is 56.3 cm³/mol. The lowest BCUT2D eigenvalue weighted by molar-refractivity contribution is -0.384. The van der Waals surface area contributed by atoms with Gasteiger partial charge in [-0.3, -0.25) is 10.1 Å². The minimum atomic E-state index is -0.451. The Hall–Kier alpha value is -1.33. The summed E-state index contributed by atoms with van der Waals surface area (Å²) in [5.74, 6) is 0. The fraction of sp³-hybridized carbons (Fsp3) is 0.333. The molecular weight excluding hydrogens is 220 g/mol. The number of benzene rings is 1. The molecule has 1 aromatic rings. The Morgan fingerprint density at radius 3 is 2.80 bits per heavy atom. The van der Waals surface area contributed by atoms with Crippen LogP contribution >= 0.6 is 11.6 Å². The van der Waals surface area contributed by atoms with Crippen molar-refractivity contribution in [3.8, 4) is 0 Å². The molecule has 0 saturated carbocycles. The first-order valence-corrected chi connectivity index (χ1v) is 4.83. The molecule has 1 fully saturated rings. The zero-order valence-electron chi connectivity index (χ0n) is 7.77. The lowest BCUT2D eigenvalue weighted by atomic mass is 10.2. The number of nitrogens with zero attached hydrogens (tertiary/aromatic N) is 1. The maximum atomic E-state index is 10.7. The molecule has 0 unspecified atom stereocenters. The van der Waals surface area contributed by atoms with Gasteiger partial charge < -0.3 is 10.1 Å². The molecule has 0 bridgehead atoms. The van der Waals surface area contributed by atoms with Crippen molar-refractivity contribution in [1.29, 1.82) is 0 Å². The van der Waals surface area contributed by atoms with Gasteiger partial charge in [-0.1, -0.05) is 11.6 Å². The van der Waals surface area contributed by atoms with Gasteiger partial charge >= 0.3 is 0 Å². The number of halogens is 1. The number of ether oxygens (including phenoxy) is 1. The van der Waals surface area contributed by atoms with E-state index in [4.69, 9.17) is 16.3 Å². The molecule has 6 heteroatoms. The van der Waals surface area contributed by atoms with E-state index in [0.29, 0.717) is 23.9 Å². The number of nitro groups is 1. The van der Waals surface area contributed by atoms with Gasteiger partial charge in [0.15, 0.2) is 0 Å². The van der Waals surface area contributed by atoms with Crippen molar-refractivity contribution in [1.82, 2.24) is 0 Å². The van der Waals surface area contributed by atoms with Gasteiger partial charge in [0.2, 0.25) is 0 Å². The summed E-state index contributed by atoms with van der Waals surface area (Å²) in [5, 5.41) is 14.1. The molecule has 1 saturated heterocycles. The molecule has 2 rings (SSSR count). The van der Waals surface area contributed by atoms with E-state index >= 15 is 0 Å². The number of rotatable bonds is 3. The van der Waals surface area contributed by atoms with Crippen molar-refractivity contribution in [2.75, 3.05) is 18.5 Å². The summed E-state index contributed by atoms with van der Waals surface area (Å²) in [6.45, 7) is 1.17. The third kappa shape index (κ3) is 2.19. The number of anilines is 1. The summed E-state index contributed by atoms with van der Waals surface area (Å²) in [5.41, 5.74) is 0.479. The summed E-state index contributed by atoms with van der Waals surface area (Å²) >= 11 is 5.69. The number of nitrogens with one attached hydrogen (secondary N) is 1. The molecule has 0 radical (unpaired) electrons. The lowest BCUT2D eigenvalue weighted by Gasteiger charge is -2.27. The van der Waals surface area contributed by atoms with Crippen molar-refractivity contribution < 1.29 is 9.66 Å². The van der Waals surface area contributed by atoms with Gasteiger partial charge in [0.25, 0.3) is 5.69 Å². The highest BCUT2D eigenvalue weighted by Crippen LogP contribution is 2.28. The Kier molecular flexibility index (Phi) is 2.75. The van der Waals surface area contributed by atoms with Crippen LogP contribution in [0.4, 0.5) is 11.4 Å². The van der Waals surface area contributed by atoms with Crippen LogP contribution in [0.15, 0.2) is 18.2 Å². The molecule has 0 amide bonds. The fourth-order valence-corrected chi connectivity index (χ4v) is 1.48. The Balaban J connectivity index is 2.23. The third-order valence-electron chi connectivity index (χ3n) is 2.15. The van der Waals surface area contributed by atoms with E-state index in [0.717, 1.165) is 0 Å². The summed E-state index contributed by atoms with van der Waals surface area (Å²) in [4.78, 5) is 10.3. The van der Waals surface area contributed by atoms with E-state index in [2.05, 4.69) is 5.32 Å². The summed E-state index contributed by atoms with van der Waals surface area (Å²) in [6.07, 6.45) is 0. The molecular formula is C9H9ClN2O3. The molecule has 0 aromatic heterocycles. The average molecular weight is 229 g/mol. The van der Waals surface area contributed by atoms with Crippen molar-refractivity contribution in [3.63, 3.8) is 0 Å². The standard InChI is InChI=1S/C9H9ClN2O3/c10-6-1-2-8(9(3-6)12(13)14)11-7-4-15-5-7/h1-3,7,11H,4-5H2. The fourth-order valence-electron chi connectivity index (χ4n) is 1.32. The van der Waals surface area contributed by atoms with Crippen LogP contribution in [0.5, 0.6) is 0 Å². The Labute approximate surface area is 91.1 Å². The quantitative estimate of drug-likeness (QED) is 0.635. The van der Waals surface area contributed by atoms with Crippen LogP contribution in [0.25, 0.3) is 0 Å². The van der Waals surface area contributed by atoms with Gasteiger partial charge in [0.1, 0.15) is 5.69 Å². The maximum Gasteiger partial charge on any atom is 0.293 e. The van der Waals surface area contributed by atoms with Crippen LogP contribution in [0.2, 0.25) is 5.02 Å². The maximum absolute atomic E-state index is 10.7. The second-order valence-electron chi connectivity index (χ2n) is 3.30. The number of nitro benzene ring substituents is 1. The summed E-state index contributed by atoms with van der Waals surface area (Å²) < 4.78 is 4.97. The molecule has 0 atom stereocenters. The van der Waals surface area contributed by atoms with E-state index in [-0.39, 0.29) is 11.7 Å². The molecule has 1 aliphatic heterocycles. The predicted octanol–water partition coefficient (Wildman–Crippen LogP) is 2.06. The highest BCUT2D eigenvalue weighted by Gasteiger charge is 2.22. The summed E-state index contributed by atoms with van der Waals surface area (Å²) in [7, 11) is 0. The van der Waals surface area contributed by atoms with Gasteiger partial charge in [0.05, 0.1) is 24.2 Å². The van der Waals surface area contributed by atoms with Crippen LogP contribution < -0.4 is 5.32 Å². The second kappa shape index (κ2) is 4.04.